The molecule has 1 aliphatic rings. The number of alkyl halides is 3. The number of hydrogen-bond acceptors (Lipinski definition) is 8. The zero-order valence-electron chi connectivity index (χ0n) is 22.8. The van der Waals surface area contributed by atoms with Crippen LogP contribution in [-0.4, -0.2) is 73.4 Å². The van der Waals surface area contributed by atoms with E-state index in [1.54, 1.807) is 30.2 Å². The number of piperazine rings is 1. The highest BCUT2D eigenvalue weighted by Crippen LogP contribution is 2.37. The van der Waals surface area contributed by atoms with Gasteiger partial charge >= 0.3 is 11.6 Å². The third kappa shape index (κ3) is 7.52. The van der Waals surface area contributed by atoms with Crippen molar-refractivity contribution in [2.45, 2.75) is 56.7 Å². The Labute approximate surface area is 246 Å². The quantitative estimate of drug-likeness (QED) is 0.384. The van der Waals surface area contributed by atoms with Crippen molar-refractivity contribution in [2.75, 3.05) is 36.4 Å². The highest BCUT2D eigenvalue weighted by molar-refractivity contribution is 9.10. The Morgan fingerprint density at radius 2 is 1.73 bits per heavy atom. The summed E-state index contributed by atoms with van der Waals surface area (Å²) in [4.78, 5) is 46.9. The van der Waals surface area contributed by atoms with Crippen LogP contribution in [0.2, 0.25) is 0 Å². The summed E-state index contributed by atoms with van der Waals surface area (Å²) in [6, 6.07) is 5.31. The summed E-state index contributed by atoms with van der Waals surface area (Å²) in [5, 5.41) is 6.85. The smallest absolute Gasteiger partial charge is 0.444 e. The first-order valence-corrected chi connectivity index (χ1v) is 14.3. The molecule has 2 aromatic heterocycles. The maximum absolute atomic E-state index is 13.6. The van der Waals surface area contributed by atoms with Gasteiger partial charge in [-0.3, -0.25) is 9.59 Å². The van der Waals surface area contributed by atoms with Gasteiger partial charge in [0.1, 0.15) is 17.8 Å². The van der Waals surface area contributed by atoms with E-state index in [1.165, 1.54) is 24.3 Å². The monoisotopic (exact) mass is 659 g/mol. The number of ether oxygens (including phenoxy) is 1. The summed E-state index contributed by atoms with van der Waals surface area (Å²) in [5.41, 5.74) is -4.23. The molecule has 0 aliphatic carbocycles. The van der Waals surface area contributed by atoms with E-state index in [9.17, 15) is 27.6 Å². The van der Waals surface area contributed by atoms with Crippen molar-refractivity contribution in [3.63, 3.8) is 0 Å². The molecule has 0 saturated carbocycles. The van der Waals surface area contributed by atoms with Gasteiger partial charge in [-0.25, -0.2) is 4.79 Å². The molecule has 41 heavy (non-hydrogen) atoms. The van der Waals surface area contributed by atoms with Crippen molar-refractivity contribution in [3.8, 4) is 0 Å². The molecule has 3 aromatic rings. The molecule has 0 bridgehead atoms. The minimum Gasteiger partial charge on any atom is -0.444 e. The average Bonchev–Trinajstić information content (AvgIpc) is 3.27. The first-order valence-electron chi connectivity index (χ1n) is 12.7. The van der Waals surface area contributed by atoms with Gasteiger partial charge in [-0.05, 0) is 79.1 Å². The van der Waals surface area contributed by atoms with E-state index in [0.717, 1.165) is 4.52 Å². The Balaban J connectivity index is 1.59. The molecule has 3 heterocycles. The van der Waals surface area contributed by atoms with Gasteiger partial charge in [0.25, 0.3) is 5.56 Å². The number of rotatable bonds is 6. The second-order valence-electron chi connectivity index (χ2n) is 10.2. The molecule has 222 valence electrons. The molecule has 1 aromatic carbocycles. The van der Waals surface area contributed by atoms with Gasteiger partial charge < -0.3 is 24.4 Å². The van der Waals surface area contributed by atoms with Crippen LogP contribution in [0.3, 0.4) is 0 Å². The van der Waals surface area contributed by atoms with E-state index in [4.69, 9.17) is 4.74 Å². The molecule has 1 N–H and O–H groups in total. The number of anilines is 2. The van der Waals surface area contributed by atoms with Crippen LogP contribution in [0.1, 0.15) is 33.4 Å². The van der Waals surface area contributed by atoms with Gasteiger partial charge in [-0.15, -0.1) is 5.10 Å². The number of nitrogens with zero attached hydrogens (tertiary/aromatic N) is 6. The van der Waals surface area contributed by atoms with E-state index < -0.39 is 28.7 Å². The molecule has 11 nitrogen and oxygen atoms in total. The number of amides is 2. The van der Waals surface area contributed by atoms with Crippen molar-refractivity contribution in [3.05, 3.63) is 45.0 Å². The fraction of sp³-hybridized carbons (Fsp3) is 0.480. The Hall–Kier alpha value is -3.27. The Morgan fingerprint density at radius 1 is 1.10 bits per heavy atom. The summed E-state index contributed by atoms with van der Waals surface area (Å²) in [6.45, 7) is 8.38. The maximum Gasteiger partial charge on any atom is 0.446 e. The van der Waals surface area contributed by atoms with Gasteiger partial charge in [-0.1, -0.05) is 6.92 Å². The van der Waals surface area contributed by atoms with E-state index in [0.29, 0.717) is 49.7 Å². The predicted molar refractivity (Wildman–Crippen MR) is 151 cm³/mol. The largest absolute Gasteiger partial charge is 0.446 e. The molecule has 1 saturated heterocycles. The number of aromatic nitrogens is 4. The van der Waals surface area contributed by atoms with Gasteiger partial charge in [-0.2, -0.15) is 22.7 Å². The summed E-state index contributed by atoms with van der Waals surface area (Å²) in [5.74, 6) is -0.316. The van der Waals surface area contributed by atoms with Crippen LogP contribution in [0.15, 0.2) is 38.7 Å². The fourth-order valence-electron chi connectivity index (χ4n) is 4.43. The Kier molecular flexibility index (Phi) is 8.92. The Bertz CT molecular complexity index is 1490. The molecule has 4 rings (SSSR count). The lowest BCUT2D eigenvalue weighted by Crippen LogP contribution is -2.51. The molecule has 0 radical (unpaired) electrons. The van der Waals surface area contributed by atoms with Crippen LogP contribution in [0.25, 0.3) is 5.78 Å². The molecule has 16 heteroatoms. The van der Waals surface area contributed by atoms with Gasteiger partial charge in [0.2, 0.25) is 16.4 Å². The second-order valence-corrected chi connectivity index (χ2v) is 12.1. The average molecular weight is 661 g/mol. The van der Waals surface area contributed by atoms with Crippen LogP contribution in [0.5, 0.6) is 0 Å². The molecule has 0 spiro atoms. The van der Waals surface area contributed by atoms with Crippen molar-refractivity contribution < 1.29 is 27.5 Å². The molecule has 2 amide bonds. The minimum absolute atomic E-state index is 0.00407. The van der Waals surface area contributed by atoms with E-state index >= 15 is 0 Å². The lowest BCUT2D eigenvalue weighted by atomic mass is 10.2. The number of nitrogens with one attached hydrogen (secondary N) is 1. The summed E-state index contributed by atoms with van der Waals surface area (Å²) in [7, 11) is 0. The van der Waals surface area contributed by atoms with Crippen LogP contribution < -0.4 is 15.8 Å². The highest BCUT2D eigenvalue weighted by Gasteiger charge is 2.31. The number of carbonyl (C=O) groups is 2. The van der Waals surface area contributed by atoms with Gasteiger partial charge in [0.15, 0.2) is 0 Å². The normalized spacial score (nSPS) is 14.4. The van der Waals surface area contributed by atoms with Crippen LogP contribution in [0.4, 0.5) is 29.3 Å². The third-order valence-corrected chi connectivity index (χ3v) is 7.13. The van der Waals surface area contributed by atoms with Gasteiger partial charge in [0, 0.05) is 36.8 Å². The third-order valence-electron chi connectivity index (χ3n) is 6.06. The molecular formula is C25H29BrF3N7O4S. The van der Waals surface area contributed by atoms with Crippen LogP contribution in [-0.2, 0) is 22.5 Å². The number of hydrogen-bond donors (Lipinski definition) is 1. The lowest BCUT2D eigenvalue weighted by molar-refractivity contribution is -0.116. The summed E-state index contributed by atoms with van der Waals surface area (Å²) >= 11 is 2.96. The fourth-order valence-corrected chi connectivity index (χ4v) is 5.28. The van der Waals surface area contributed by atoms with Crippen molar-refractivity contribution in [1.82, 2.24) is 24.1 Å². The number of carbonyl (C=O) groups excluding carboxylic acids is 2. The minimum atomic E-state index is -4.41. The first kappa shape index (κ1) is 30.7. The number of benzene rings is 1. The SMILES string of the molecule is CCc1c(N2CCN(C(=O)OC(C)(C)C)CC2)c(=O)n2nc(Br)nc2n1CC(=O)Nc1ccc(SC(F)(F)F)cc1. The zero-order valence-corrected chi connectivity index (χ0v) is 25.2. The van der Waals surface area contributed by atoms with E-state index in [1.807, 2.05) is 11.8 Å². The lowest BCUT2D eigenvalue weighted by Gasteiger charge is -2.37. The van der Waals surface area contributed by atoms with Crippen LogP contribution >= 0.6 is 27.7 Å². The predicted octanol–water partition coefficient (Wildman–Crippen LogP) is 4.52. The van der Waals surface area contributed by atoms with Crippen molar-refractivity contribution in [1.29, 1.82) is 0 Å². The molecule has 1 aliphatic heterocycles. The number of thioether (sulfide) groups is 1. The zero-order chi connectivity index (χ0) is 30.1. The molecule has 0 atom stereocenters. The first-order chi connectivity index (χ1) is 19.1. The standard InChI is InChI=1S/C25H29BrF3N7O4S/c1-5-17-19(33-10-12-34(13-11-33)23(39)40-24(2,3)4)20(38)36-22(31-21(26)32-36)35(17)14-18(37)30-15-6-8-16(9-7-15)41-25(27,28)29/h6-9H,5,10-14H2,1-4H3,(H,30,37). The number of halogens is 4. The summed E-state index contributed by atoms with van der Waals surface area (Å²) < 4.78 is 46.2. The van der Waals surface area contributed by atoms with Crippen molar-refractivity contribution in [2.24, 2.45) is 0 Å². The summed E-state index contributed by atoms with van der Waals surface area (Å²) in [6.07, 6.45) is -0.0447. The number of fused-ring (bicyclic) bond motifs is 1. The van der Waals surface area contributed by atoms with Crippen molar-refractivity contribution >= 4 is 56.8 Å². The molecular weight excluding hydrogens is 631 g/mol. The topological polar surface area (TPSA) is 114 Å². The molecule has 0 unspecified atom stereocenters. The van der Waals surface area contributed by atoms with E-state index in [2.05, 4.69) is 31.3 Å². The maximum atomic E-state index is 13.6. The second kappa shape index (κ2) is 11.9. The molecule has 1 fully saturated rings. The van der Waals surface area contributed by atoms with E-state index in [-0.39, 0.29) is 33.7 Å². The Morgan fingerprint density at radius 3 is 2.29 bits per heavy atom. The van der Waals surface area contributed by atoms with Gasteiger partial charge in [0.05, 0.1) is 5.69 Å². The highest BCUT2D eigenvalue weighted by atomic mass is 79.9. The van der Waals surface area contributed by atoms with Crippen LogP contribution in [0, 0.1) is 0 Å².